The first-order valence-electron chi connectivity index (χ1n) is 28.6. The van der Waals surface area contributed by atoms with E-state index >= 15 is 35.1 Å². The molecule has 3 unspecified atom stereocenters. The second kappa shape index (κ2) is 13.5. The largest absolute Gasteiger partial charge is 0.306 e. The van der Waals surface area contributed by atoms with Crippen molar-refractivity contribution in [3.63, 3.8) is 0 Å². The Morgan fingerprint density at radius 3 is 1.11 bits per heavy atom. The molecule has 12 heteroatoms. The maximum absolute atomic E-state index is 17.6. The molecule has 23 rings (SSSR count). The van der Waals surface area contributed by atoms with E-state index in [1.165, 1.54) is 59.7 Å². The van der Waals surface area contributed by atoms with Gasteiger partial charge < -0.3 is 8.80 Å². The van der Waals surface area contributed by atoms with Gasteiger partial charge in [-0.3, -0.25) is 9.97 Å². The Labute approximate surface area is 474 Å². The zero-order valence-electron chi connectivity index (χ0n) is 43.9. The van der Waals surface area contributed by atoms with Crippen LogP contribution in [-0.2, 0) is 29.1 Å². The van der Waals surface area contributed by atoms with Crippen molar-refractivity contribution in [2.24, 2.45) is 0 Å². The summed E-state index contributed by atoms with van der Waals surface area (Å²) in [7, 11) is 0. The van der Waals surface area contributed by atoms with Crippen molar-refractivity contribution in [2.45, 2.75) is 52.8 Å². The summed E-state index contributed by atoms with van der Waals surface area (Å²) in [6.45, 7) is 0. The van der Waals surface area contributed by atoms with E-state index < -0.39 is 73.6 Å². The number of benzene rings is 9. The van der Waals surface area contributed by atoms with Gasteiger partial charge in [0.15, 0.2) is 0 Å². The molecule has 402 valence electrons. The van der Waals surface area contributed by atoms with Crippen molar-refractivity contribution in [1.82, 2.24) is 18.8 Å². The molecule has 8 aliphatic rings. The average molecular weight is 1120 g/mol. The Bertz CT molecular complexity index is 5760. The molecule has 6 aromatic heterocycles. The monoisotopic (exact) mass is 1120 g/mol. The molecule has 0 amide bonds. The van der Waals surface area contributed by atoms with Crippen molar-refractivity contribution < 1.29 is 35.1 Å². The minimum Gasteiger partial charge on any atom is -0.306 e. The molecule has 0 saturated heterocycles. The van der Waals surface area contributed by atoms with E-state index in [0.717, 1.165) is 90.9 Å². The van der Waals surface area contributed by atoms with Gasteiger partial charge in [-0.05, 0) is 79.9 Å². The molecular weight excluding hydrogens is 1080 g/mol. The molecule has 0 aliphatic heterocycles. The second-order valence-corrected chi connectivity index (χ2v) is 24.8. The van der Waals surface area contributed by atoms with Gasteiger partial charge in [0.2, 0.25) is 0 Å². The highest BCUT2D eigenvalue weighted by Crippen LogP contribution is 2.78. The summed E-state index contributed by atoms with van der Waals surface area (Å²) in [6.07, 6.45) is 3.60. The zero-order chi connectivity index (χ0) is 56.2. The Morgan fingerprint density at radius 2 is 0.659 bits per heavy atom. The van der Waals surface area contributed by atoms with Crippen molar-refractivity contribution in [2.75, 3.05) is 0 Å². The predicted molar refractivity (Wildman–Crippen MR) is 308 cm³/mol. The smallest absolute Gasteiger partial charge is 0.299 e. The van der Waals surface area contributed by atoms with Crippen molar-refractivity contribution in [1.29, 1.82) is 0 Å². The maximum Gasteiger partial charge on any atom is 0.299 e. The topological polar surface area (TPSA) is 34.6 Å². The van der Waals surface area contributed by atoms with Crippen LogP contribution in [0.15, 0.2) is 182 Å². The minimum absolute atomic E-state index is 0.139. The third kappa shape index (κ3) is 4.37. The van der Waals surface area contributed by atoms with Crippen molar-refractivity contribution >= 4 is 76.2 Å². The number of rotatable bonds is 0. The van der Waals surface area contributed by atoms with Crippen LogP contribution in [0.4, 0.5) is 35.1 Å². The summed E-state index contributed by atoms with van der Waals surface area (Å²) >= 11 is 0. The number of halogens is 8. The Hall–Kier alpha value is -9.68. The van der Waals surface area contributed by atoms with E-state index in [2.05, 4.69) is 60.7 Å². The van der Waals surface area contributed by atoms with Gasteiger partial charge >= 0.3 is 0 Å². The Balaban J connectivity index is 1.01. The van der Waals surface area contributed by atoms with Crippen molar-refractivity contribution in [3.8, 4) is 0 Å². The van der Waals surface area contributed by atoms with Crippen LogP contribution in [0.1, 0.15) is 135 Å². The summed E-state index contributed by atoms with van der Waals surface area (Å²) in [5.41, 5.74) is 8.05. The quantitative estimate of drug-likeness (QED) is 0.142. The van der Waals surface area contributed by atoms with E-state index in [1.54, 1.807) is 6.20 Å². The van der Waals surface area contributed by atoms with Crippen LogP contribution in [0.25, 0.3) is 76.2 Å². The fraction of sp³-hybridized carbons (Fsp3) is 0.123. The Morgan fingerprint density at radius 1 is 0.306 bits per heavy atom. The highest BCUT2D eigenvalue weighted by molar-refractivity contribution is 6.46. The average Bonchev–Trinajstić information content (AvgIpc) is 1.48. The number of hydrogen-bond donors (Lipinski definition) is 0. The fourth-order valence-electron chi connectivity index (χ4n) is 18.8. The van der Waals surface area contributed by atoms with E-state index in [1.807, 2.05) is 51.4 Å². The molecular formula is C73H34F8N4. The first-order chi connectivity index (χ1) is 41.3. The van der Waals surface area contributed by atoms with Gasteiger partial charge in [0.1, 0.15) is 0 Å². The molecule has 6 heterocycles. The molecule has 15 aromatic rings. The highest BCUT2D eigenvalue weighted by atomic mass is 19.3. The van der Waals surface area contributed by atoms with Crippen LogP contribution < -0.4 is 0 Å². The van der Waals surface area contributed by atoms with Crippen LogP contribution >= 0.6 is 0 Å². The van der Waals surface area contributed by atoms with Gasteiger partial charge in [0.05, 0.1) is 62.8 Å². The lowest BCUT2D eigenvalue weighted by Crippen LogP contribution is -2.52. The SMILES string of the molecule is FC1(F)c2ccccc2C(F)(F)c2cc3c(cc21)c1c2c4cc5c(cc4n4c6cnc7c(c6c(c6c8c9c(ncc8n3c16)C1c3ccccc3C9c3ccccc31)c24)C1c2ccccc2C12c1ccccc1C72)C(F)(F)c1ccccc1C5(F)F. The molecule has 0 saturated carbocycles. The third-order valence-corrected chi connectivity index (χ3v) is 21.7. The third-order valence-electron chi connectivity index (χ3n) is 21.7. The number of aromatic nitrogens is 4. The summed E-state index contributed by atoms with van der Waals surface area (Å²) in [6, 6.07) is 47.9. The standard InChI is InChI=1S/C73H34F8N4/c74-70(75)41-21-9-11-23-43(41)72(78,79)47-27-49-37(25-45(47)70)55-56-38-26-46-48(73(80,81)44-24-12-10-22-42(44)71(46,76)77)28-50(38)85-52-30-83-66-62(63-35-17-5-7-19-39(35)69(63)40-20-8-6-18-36(40)64(66)69)58(52)61(68(56)85)60-57-51(84(49)67(55)60)29-82-65-54-33-15-3-1-13-31(33)53(59(57)65)32-14-2-4-16-34(32)54/h1-30,53-54,63-64H. The molecule has 2 bridgehead atoms. The molecule has 9 aromatic carbocycles. The van der Waals surface area contributed by atoms with Gasteiger partial charge in [0, 0.05) is 111 Å². The predicted octanol–water partition coefficient (Wildman–Crippen LogP) is 17.8. The molecule has 4 nitrogen and oxygen atoms in total. The van der Waals surface area contributed by atoms with E-state index in [-0.39, 0.29) is 45.5 Å². The molecule has 0 radical (unpaired) electrons. The lowest BCUT2D eigenvalue weighted by Gasteiger charge is -2.58. The van der Waals surface area contributed by atoms with E-state index in [9.17, 15) is 0 Å². The number of fused-ring (bicyclic) bond motifs is 26. The van der Waals surface area contributed by atoms with Crippen LogP contribution in [0.3, 0.4) is 0 Å². The second-order valence-electron chi connectivity index (χ2n) is 24.8. The molecule has 85 heavy (non-hydrogen) atoms. The minimum atomic E-state index is -3.91. The van der Waals surface area contributed by atoms with E-state index in [0.29, 0.717) is 43.6 Å². The first-order valence-corrected chi connectivity index (χ1v) is 28.6. The van der Waals surface area contributed by atoms with Gasteiger partial charge in [-0.2, -0.15) is 35.1 Å². The van der Waals surface area contributed by atoms with Gasteiger partial charge in [0.25, 0.3) is 23.7 Å². The Kier molecular flexibility index (Phi) is 7.10. The van der Waals surface area contributed by atoms with Gasteiger partial charge in [-0.25, -0.2) is 0 Å². The normalized spacial score (nSPS) is 22.8. The lowest BCUT2D eigenvalue weighted by atomic mass is 9.43. The summed E-state index contributed by atoms with van der Waals surface area (Å²) in [4.78, 5) is 10.9. The molecule has 8 aliphatic carbocycles. The van der Waals surface area contributed by atoms with Crippen molar-refractivity contribution in [3.05, 3.63) is 294 Å². The summed E-state index contributed by atoms with van der Waals surface area (Å²) < 4.78 is 144. The number of nitrogens with zero attached hydrogens (tertiary/aromatic N) is 4. The summed E-state index contributed by atoms with van der Waals surface area (Å²) in [5, 5.41) is 4.08. The first kappa shape index (κ1) is 44.8. The van der Waals surface area contributed by atoms with E-state index in [4.69, 9.17) is 9.97 Å². The highest BCUT2D eigenvalue weighted by Gasteiger charge is 2.70. The summed E-state index contributed by atoms with van der Waals surface area (Å²) in [5.74, 6) is -16.6. The molecule has 0 N–H and O–H groups in total. The molecule has 0 fully saturated rings. The van der Waals surface area contributed by atoms with Gasteiger partial charge in [-0.1, -0.05) is 146 Å². The van der Waals surface area contributed by atoms with Crippen LogP contribution in [0.2, 0.25) is 0 Å². The number of alkyl halides is 8. The maximum atomic E-state index is 17.6. The molecule has 1 spiro atoms. The lowest BCUT2D eigenvalue weighted by molar-refractivity contribution is -0.0112. The zero-order valence-corrected chi connectivity index (χ0v) is 43.9. The number of pyridine rings is 2. The number of hydrogen-bond acceptors (Lipinski definition) is 2. The molecule has 3 atom stereocenters. The van der Waals surface area contributed by atoms with Crippen LogP contribution in [0.5, 0.6) is 0 Å². The van der Waals surface area contributed by atoms with Gasteiger partial charge in [-0.15, -0.1) is 0 Å². The van der Waals surface area contributed by atoms with Crippen LogP contribution in [-0.4, -0.2) is 18.8 Å². The fourth-order valence-corrected chi connectivity index (χ4v) is 18.8. The van der Waals surface area contributed by atoms with Crippen LogP contribution in [0, 0.1) is 0 Å².